The lowest BCUT2D eigenvalue weighted by Gasteiger charge is -2.25. The Kier molecular flexibility index (Phi) is 3.26. The topological polar surface area (TPSA) is 32.7 Å². The molecule has 0 saturated carbocycles. The fourth-order valence-electron chi connectivity index (χ4n) is 3.92. The predicted octanol–water partition coefficient (Wildman–Crippen LogP) is 3.94. The van der Waals surface area contributed by atoms with Crippen LogP contribution in [-0.4, -0.2) is 24.8 Å². The number of ether oxygens (including phenoxy) is 1. The van der Waals surface area contributed by atoms with Crippen LogP contribution in [0.1, 0.15) is 31.4 Å². The van der Waals surface area contributed by atoms with E-state index >= 15 is 0 Å². The van der Waals surface area contributed by atoms with Crippen molar-refractivity contribution in [1.82, 2.24) is 0 Å². The molecule has 1 spiro atoms. The van der Waals surface area contributed by atoms with Gasteiger partial charge in [0.15, 0.2) is 0 Å². The minimum absolute atomic E-state index is 0.101. The summed E-state index contributed by atoms with van der Waals surface area (Å²) in [6, 6.07) is 14.2. The number of benzene rings is 2. The maximum Gasteiger partial charge on any atom is 0.127 e. The van der Waals surface area contributed by atoms with E-state index in [9.17, 15) is 5.11 Å². The molecule has 3 nitrogen and oxygen atoms in total. The number of para-hydroxylation sites is 1. The molecule has 2 aromatic rings. The van der Waals surface area contributed by atoms with Gasteiger partial charge in [-0.2, -0.15) is 0 Å². The standard InChI is InChI=1S/C20H23NO2/c1-14(2)9-10-21-12-20(16-5-3-4-6-18(16)21)13-23-19-11-15(22)7-8-17(19)20/h3-8,11,14,22H,9-10,12-13H2,1-2H3. The molecule has 4 rings (SSSR count). The lowest BCUT2D eigenvalue weighted by Crippen LogP contribution is -2.36. The lowest BCUT2D eigenvalue weighted by molar-refractivity contribution is 0.298. The first-order valence-electron chi connectivity index (χ1n) is 8.41. The van der Waals surface area contributed by atoms with Gasteiger partial charge in [0.2, 0.25) is 0 Å². The van der Waals surface area contributed by atoms with Gasteiger partial charge in [-0.15, -0.1) is 0 Å². The SMILES string of the molecule is CC(C)CCN1CC2(COc3cc(O)ccc32)c2ccccc21. The average Bonchev–Trinajstić information content (AvgIpc) is 3.05. The normalized spacial score (nSPS) is 21.6. The molecule has 0 aliphatic carbocycles. The lowest BCUT2D eigenvalue weighted by atomic mass is 9.78. The van der Waals surface area contributed by atoms with E-state index in [-0.39, 0.29) is 11.2 Å². The van der Waals surface area contributed by atoms with Gasteiger partial charge >= 0.3 is 0 Å². The molecule has 2 aliphatic heterocycles. The zero-order valence-electron chi connectivity index (χ0n) is 13.7. The zero-order valence-corrected chi connectivity index (χ0v) is 13.7. The van der Waals surface area contributed by atoms with Gasteiger partial charge in [0.25, 0.3) is 0 Å². The molecule has 120 valence electrons. The van der Waals surface area contributed by atoms with Gasteiger partial charge < -0.3 is 14.7 Å². The highest BCUT2D eigenvalue weighted by molar-refractivity contribution is 5.69. The summed E-state index contributed by atoms with van der Waals surface area (Å²) in [4.78, 5) is 2.50. The van der Waals surface area contributed by atoms with Crippen molar-refractivity contribution in [3.05, 3.63) is 53.6 Å². The summed E-state index contributed by atoms with van der Waals surface area (Å²) in [5.41, 5.74) is 3.79. The van der Waals surface area contributed by atoms with Crippen LogP contribution in [0.3, 0.4) is 0 Å². The van der Waals surface area contributed by atoms with E-state index in [2.05, 4.69) is 43.0 Å². The van der Waals surface area contributed by atoms with Crippen molar-refractivity contribution >= 4 is 5.69 Å². The van der Waals surface area contributed by atoms with Crippen LogP contribution in [-0.2, 0) is 5.41 Å². The summed E-state index contributed by atoms with van der Waals surface area (Å²) in [5.74, 6) is 1.79. The molecule has 0 saturated heterocycles. The summed E-state index contributed by atoms with van der Waals surface area (Å²) in [6.45, 7) is 7.23. The van der Waals surface area contributed by atoms with Crippen LogP contribution >= 0.6 is 0 Å². The third kappa shape index (κ3) is 2.18. The second-order valence-corrected chi connectivity index (χ2v) is 7.17. The van der Waals surface area contributed by atoms with Gasteiger partial charge in [-0.05, 0) is 30.0 Å². The maximum absolute atomic E-state index is 9.73. The average molecular weight is 309 g/mol. The Morgan fingerprint density at radius 1 is 1.17 bits per heavy atom. The second-order valence-electron chi connectivity index (χ2n) is 7.17. The van der Waals surface area contributed by atoms with Crippen molar-refractivity contribution in [2.24, 2.45) is 5.92 Å². The molecule has 0 aromatic heterocycles. The molecule has 23 heavy (non-hydrogen) atoms. The molecule has 0 fully saturated rings. The van der Waals surface area contributed by atoms with Crippen LogP contribution in [0.4, 0.5) is 5.69 Å². The van der Waals surface area contributed by atoms with Crippen LogP contribution < -0.4 is 9.64 Å². The van der Waals surface area contributed by atoms with Gasteiger partial charge in [0.05, 0.1) is 5.41 Å². The molecule has 1 atom stereocenters. The van der Waals surface area contributed by atoms with Crippen molar-refractivity contribution in [2.45, 2.75) is 25.7 Å². The monoisotopic (exact) mass is 309 g/mol. The first-order chi connectivity index (χ1) is 11.1. The van der Waals surface area contributed by atoms with E-state index in [4.69, 9.17) is 4.74 Å². The summed E-state index contributed by atoms with van der Waals surface area (Å²) in [5, 5.41) is 9.73. The van der Waals surface area contributed by atoms with Gasteiger partial charge in [-0.3, -0.25) is 0 Å². The highest BCUT2D eigenvalue weighted by Crippen LogP contribution is 2.51. The van der Waals surface area contributed by atoms with Crippen LogP contribution in [0, 0.1) is 5.92 Å². The van der Waals surface area contributed by atoms with E-state index in [1.54, 1.807) is 12.1 Å². The Morgan fingerprint density at radius 2 is 2.00 bits per heavy atom. The Balaban J connectivity index is 1.77. The van der Waals surface area contributed by atoms with E-state index < -0.39 is 0 Å². The molecule has 2 aliphatic rings. The van der Waals surface area contributed by atoms with Gasteiger partial charge in [-0.25, -0.2) is 0 Å². The van der Waals surface area contributed by atoms with Crippen LogP contribution in [0.15, 0.2) is 42.5 Å². The number of phenols is 1. The second kappa shape index (κ2) is 5.19. The zero-order chi connectivity index (χ0) is 16.0. The minimum Gasteiger partial charge on any atom is -0.508 e. The maximum atomic E-state index is 9.73. The number of hydrogen-bond donors (Lipinski definition) is 1. The number of aromatic hydroxyl groups is 1. The van der Waals surface area contributed by atoms with Crippen LogP contribution in [0.5, 0.6) is 11.5 Å². The first-order valence-corrected chi connectivity index (χ1v) is 8.41. The fourth-order valence-corrected chi connectivity index (χ4v) is 3.92. The number of hydrogen-bond acceptors (Lipinski definition) is 3. The molecule has 1 N–H and O–H groups in total. The quantitative estimate of drug-likeness (QED) is 0.932. The number of rotatable bonds is 3. The molecule has 2 heterocycles. The van der Waals surface area contributed by atoms with Crippen molar-refractivity contribution in [3.8, 4) is 11.5 Å². The predicted molar refractivity (Wildman–Crippen MR) is 92.5 cm³/mol. The molecule has 2 aromatic carbocycles. The summed E-state index contributed by atoms with van der Waals surface area (Å²) >= 11 is 0. The van der Waals surface area contributed by atoms with Crippen LogP contribution in [0.25, 0.3) is 0 Å². The highest BCUT2D eigenvalue weighted by atomic mass is 16.5. The minimum atomic E-state index is -0.101. The van der Waals surface area contributed by atoms with E-state index in [1.165, 1.54) is 23.2 Å². The van der Waals surface area contributed by atoms with Gasteiger partial charge in [0.1, 0.15) is 18.1 Å². The molecule has 0 radical (unpaired) electrons. The number of nitrogens with zero attached hydrogens (tertiary/aromatic N) is 1. The number of phenolic OH excluding ortho intramolecular Hbond substituents is 1. The third-order valence-corrected chi connectivity index (χ3v) is 5.15. The highest BCUT2D eigenvalue weighted by Gasteiger charge is 2.49. The van der Waals surface area contributed by atoms with E-state index in [1.807, 2.05) is 6.07 Å². The smallest absolute Gasteiger partial charge is 0.127 e. The molecule has 0 amide bonds. The molecule has 0 bridgehead atoms. The Morgan fingerprint density at radius 3 is 2.83 bits per heavy atom. The van der Waals surface area contributed by atoms with Gasteiger partial charge in [-0.1, -0.05) is 38.1 Å². The third-order valence-electron chi connectivity index (χ3n) is 5.15. The van der Waals surface area contributed by atoms with E-state index in [0.29, 0.717) is 12.5 Å². The van der Waals surface area contributed by atoms with Crippen molar-refractivity contribution in [1.29, 1.82) is 0 Å². The number of anilines is 1. The Labute approximate surface area is 137 Å². The Bertz CT molecular complexity index is 740. The van der Waals surface area contributed by atoms with Crippen molar-refractivity contribution in [2.75, 3.05) is 24.6 Å². The van der Waals surface area contributed by atoms with Gasteiger partial charge in [0, 0.05) is 30.4 Å². The van der Waals surface area contributed by atoms with Crippen molar-refractivity contribution in [3.63, 3.8) is 0 Å². The summed E-state index contributed by atoms with van der Waals surface area (Å²) < 4.78 is 5.96. The summed E-state index contributed by atoms with van der Waals surface area (Å²) in [7, 11) is 0. The number of fused-ring (bicyclic) bond motifs is 4. The molecule has 3 heteroatoms. The fraction of sp³-hybridized carbons (Fsp3) is 0.400. The molecule has 1 unspecified atom stereocenters. The van der Waals surface area contributed by atoms with Crippen molar-refractivity contribution < 1.29 is 9.84 Å². The molecular formula is C20H23NO2. The first kappa shape index (κ1) is 14.4. The molecular weight excluding hydrogens is 286 g/mol. The van der Waals surface area contributed by atoms with E-state index in [0.717, 1.165) is 18.8 Å². The summed E-state index contributed by atoms with van der Waals surface area (Å²) in [6.07, 6.45) is 1.19. The Hall–Kier alpha value is -2.16. The largest absolute Gasteiger partial charge is 0.508 e. The van der Waals surface area contributed by atoms with Crippen LogP contribution in [0.2, 0.25) is 0 Å².